The first-order valence-corrected chi connectivity index (χ1v) is 6.90. The molecule has 1 aliphatic rings. The molecule has 104 valence electrons. The number of ether oxygens (including phenoxy) is 1. The van der Waals surface area contributed by atoms with Gasteiger partial charge in [0.25, 0.3) is 0 Å². The van der Waals surface area contributed by atoms with Gasteiger partial charge in [0, 0.05) is 30.9 Å². The number of pyridine rings is 1. The highest BCUT2D eigenvalue weighted by Crippen LogP contribution is 2.25. The summed E-state index contributed by atoms with van der Waals surface area (Å²) >= 11 is 5.70. The van der Waals surface area contributed by atoms with Gasteiger partial charge >= 0.3 is 0 Å². The third-order valence-electron chi connectivity index (χ3n) is 3.08. The predicted molar refractivity (Wildman–Crippen MR) is 75.6 cm³/mol. The van der Waals surface area contributed by atoms with Gasteiger partial charge in [-0.1, -0.05) is 17.7 Å². The lowest BCUT2D eigenvalue weighted by molar-refractivity contribution is 0.460. The fraction of sp³-hybridized carbons (Fsp3) is 0.267. The van der Waals surface area contributed by atoms with Crippen molar-refractivity contribution in [1.29, 1.82) is 0 Å². The number of hydrogen-bond donors (Lipinski definition) is 1. The summed E-state index contributed by atoms with van der Waals surface area (Å²) in [5, 5.41) is 3.45. The molecule has 3 nitrogen and oxygen atoms in total. The van der Waals surface area contributed by atoms with Crippen LogP contribution < -0.4 is 10.1 Å². The van der Waals surface area contributed by atoms with E-state index in [1.54, 1.807) is 12.3 Å². The number of rotatable bonds is 5. The summed E-state index contributed by atoms with van der Waals surface area (Å²) in [6, 6.07) is 8.65. The molecule has 0 aliphatic heterocycles. The summed E-state index contributed by atoms with van der Waals surface area (Å²) < 4.78 is 18.6. The van der Waals surface area contributed by atoms with E-state index < -0.39 is 5.82 Å². The van der Waals surface area contributed by atoms with E-state index in [9.17, 15) is 4.39 Å². The van der Waals surface area contributed by atoms with Crippen molar-refractivity contribution in [2.75, 3.05) is 0 Å². The van der Waals surface area contributed by atoms with Gasteiger partial charge in [0.05, 0.1) is 5.02 Å². The normalized spacial score (nSPS) is 14.3. The van der Waals surface area contributed by atoms with E-state index >= 15 is 0 Å². The second-order valence-corrected chi connectivity index (χ2v) is 5.25. The molecule has 0 atom stereocenters. The largest absolute Gasteiger partial charge is 0.439 e. The molecule has 1 saturated carbocycles. The average molecular weight is 293 g/mol. The lowest BCUT2D eigenvalue weighted by atomic mass is 10.3. The Hall–Kier alpha value is -1.65. The Kier molecular flexibility index (Phi) is 3.85. The van der Waals surface area contributed by atoms with Crippen LogP contribution in [0.25, 0.3) is 0 Å². The molecular formula is C15H14ClFN2O. The molecule has 0 unspecified atom stereocenters. The highest BCUT2D eigenvalue weighted by molar-refractivity contribution is 6.30. The lowest BCUT2D eigenvalue weighted by Crippen LogP contribution is -2.15. The predicted octanol–water partition coefficient (Wildman–Crippen LogP) is 3.92. The van der Waals surface area contributed by atoms with Crippen LogP contribution in [0.4, 0.5) is 4.39 Å². The van der Waals surface area contributed by atoms with Crippen molar-refractivity contribution in [2.45, 2.75) is 25.4 Å². The van der Waals surface area contributed by atoms with E-state index in [4.69, 9.17) is 16.3 Å². The van der Waals surface area contributed by atoms with Crippen LogP contribution in [0.2, 0.25) is 5.02 Å². The van der Waals surface area contributed by atoms with Crippen LogP contribution in [0, 0.1) is 5.82 Å². The zero-order valence-electron chi connectivity index (χ0n) is 10.8. The van der Waals surface area contributed by atoms with Crippen molar-refractivity contribution in [3.63, 3.8) is 0 Å². The first kappa shape index (κ1) is 13.3. The number of halogens is 2. The third kappa shape index (κ3) is 3.46. The Morgan fingerprint density at radius 3 is 2.80 bits per heavy atom. The van der Waals surface area contributed by atoms with Gasteiger partial charge in [-0.3, -0.25) is 0 Å². The molecule has 3 rings (SSSR count). The summed E-state index contributed by atoms with van der Waals surface area (Å²) in [5.74, 6) is 0.462. The van der Waals surface area contributed by atoms with Gasteiger partial charge in [-0.15, -0.1) is 0 Å². The summed E-state index contributed by atoms with van der Waals surface area (Å²) in [4.78, 5) is 4.23. The second kappa shape index (κ2) is 5.77. The van der Waals surface area contributed by atoms with Crippen molar-refractivity contribution < 1.29 is 9.13 Å². The molecule has 5 heteroatoms. The van der Waals surface area contributed by atoms with E-state index in [0.717, 1.165) is 12.1 Å². The molecular weight excluding hydrogens is 279 g/mol. The maximum atomic E-state index is 13.0. The minimum absolute atomic E-state index is 0.0350. The minimum Gasteiger partial charge on any atom is -0.439 e. The maximum Gasteiger partial charge on any atom is 0.219 e. The average Bonchev–Trinajstić information content (AvgIpc) is 3.26. The number of aromatic nitrogens is 1. The Bertz CT molecular complexity index is 599. The molecule has 1 fully saturated rings. The summed E-state index contributed by atoms with van der Waals surface area (Å²) in [7, 11) is 0. The summed E-state index contributed by atoms with van der Waals surface area (Å²) in [6.07, 6.45) is 4.30. The number of hydrogen-bond acceptors (Lipinski definition) is 3. The van der Waals surface area contributed by atoms with Crippen LogP contribution in [0.15, 0.2) is 36.5 Å². The van der Waals surface area contributed by atoms with Crippen LogP contribution in [-0.4, -0.2) is 11.0 Å². The SMILES string of the molecule is Fc1ccc(Oc2ccc(CNC3CC3)cn2)cc1Cl. The highest BCUT2D eigenvalue weighted by atomic mass is 35.5. The van der Waals surface area contributed by atoms with Gasteiger partial charge < -0.3 is 10.1 Å². The van der Waals surface area contributed by atoms with Crippen molar-refractivity contribution >= 4 is 11.6 Å². The minimum atomic E-state index is -0.464. The van der Waals surface area contributed by atoms with Crippen molar-refractivity contribution in [3.8, 4) is 11.6 Å². The Morgan fingerprint density at radius 2 is 2.15 bits per heavy atom. The molecule has 0 bridgehead atoms. The van der Waals surface area contributed by atoms with Crippen molar-refractivity contribution in [2.24, 2.45) is 0 Å². The Balaban J connectivity index is 1.62. The van der Waals surface area contributed by atoms with Crippen molar-refractivity contribution in [3.05, 3.63) is 52.9 Å². The van der Waals surface area contributed by atoms with Crippen LogP contribution in [0.5, 0.6) is 11.6 Å². The molecule has 0 saturated heterocycles. The molecule has 0 spiro atoms. The van der Waals surface area contributed by atoms with Gasteiger partial charge in [0.15, 0.2) is 0 Å². The fourth-order valence-corrected chi connectivity index (χ4v) is 1.96. The number of nitrogens with zero attached hydrogens (tertiary/aromatic N) is 1. The topological polar surface area (TPSA) is 34.1 Å². The smallest absolute Gasteiger partial charge is 0.219 e. The number of nitrogens with one attached hydrogen (secondary N) is 1. The van der Waals surface area contributed by atoms with E-state index in [0.29, 0.717) is 17.7 Å². The summed E-state index contributed by atoms with van der Waals surface area (Å²) in [5.41, 5.74) is 1.11. The molecule has 1 heterocycles. The van der Waals surface area contributed by atoms with E-state index in [1.807, 2.05) is 6.07 Å². The zero-order valence-corrected chi connectivity index (χ0v) is 11.5. The van der Waals surface area contributed by atoms with Gasteiger partial charge in [0.2, 0.25) is 5.88 Å². The Labute approximate surface area is 121 Å². The molecule has 1 N–H and O–H groups in total. The van der Waals surface area contributed by atoms with E-state index in [1.165, 1.54) is 31.0 Å². The van der Waals surface area contributed by atoms with Crippen LogP contribution >= 0.6 is 11.6 Å². The fourth-order valence-electron chi connectivity index (χ4n) is 1.79. The third-order valence-corrected chi connectivity index (χ3v) is 3.37. The molecule has 1 aromatic carbocycles. The van der Waals surface area contributed by atoms with Crippen LogP contribution in [-0.2, 0) is 6.54 Å². The maximum absolute atomic E-state index is 13.0. The van der Waals surface area contributed by atoms with Gasteiger partial charge in [-0.25, -0.2) is 9.37 Å². The van der Waals surface area contributed by atoms with Gasteiger partial charge in [-0.05, 0) is 30.5 Å². The molecule has 1 aliphatic carbocycles. The van der Waals surface area contributed by atoms with Gasteiger partial charge in [0.1, 0.15) is 11.6 Å². The standard InChI is InChI=1S/C15H14ClFN2O/c16-13-7-12(4-5-14(13)17)20-15-6-1-10(9-19-15)8-18-11-2-3-11/h1,4-7,9,11,18H,2-3,8H2. The van der Waals surface area contributed by atoms with E-state index in [-0.39, 0.29) is 5.02 Å². The number of benzene rings is 1. The van der Waals surface area contributed by atoms with Crippen LogP contribution in [0.3, 0.4) is 0 Å². The second-order valence-electron chi connectivity index (χ2n) is 4.84. The van der Waals surface area contributed by atoms with Crippen LogP contribution in [0.1, 0.15) is 18.4 Å². The highest BCUT2D eigenvalue weighted by Gasteiger charge is 2.19. The van der Waals surface area contributed by atoms with Crippen molar-refractivity contribution in [1.82, 2.24) is 10.3 Å². The monoisotopic (exact) mass is 292 g/mol. The first-order chi connectivity index (χ1) is 9.70. The molecule has 0 amide bonds. The first-order valence-electron chi connectivity index (χ1n) is 6.52. The molecule has 0 radical (unpaired) electrons. The molecule has 20 heavy (non-hydrogen) atoms. The van der Waals surface area contributed by atoms with Gasteiger partial charge in [-0.2, -0.15) is 0 Å². The quantitative estimate of drug-likeness (QED) is 0.907. The molecule has 2 aromatic rings. The molecule has 1 aromatic heterocycles. The Morgan fingerprint density at radius 1 is 1.30 bits per heavy atom. The summed E-state index contributed by atoms with van der Waals surface area (Å²) in [6.45, 7) is 0.820. The lowest BCUT2D eigenvalue weighted by Gasteiger charge is -2.07. The zero-order chi connectivity index (χ0) is 13.9. The van der Waals surface area contributed by atoms with E-state index in [2.05, 4.69) is 10.3 Å².